The Kier molecular flexibility index (Phi) is 13.4. The van der Waals surface area contributed by atoms with Crippen LogP contribution in [0.5, 0.6) is 5.75 Å². The van der Waals surface area contributed by atoms with E-state index in [0.29, 0.717) is 46.0 Å². The van der Waals surface area contributed by atoms with Crippen molar-refractivity contribution >= 4 is 12.0 Å². The number of allylic oxidation sites excluding steroid dienone is 1. The van der Waals surface area contributed by atoms with Gasteiger partial charge < -0.3 is 42.0 Å². The van der Waals surface area contributed by atoms with E-state index in [1.54, 1.807) is 24.3 Å². The fraction of sp³-hybridized carbons (Fsp3) is 0.575. The van der Waals surface area contributed by atoms with Crippen molar-refractivity contribution in [2.45, 2.75) is 96.4 Å². The number of rotatable bonds is 14. The molecule has 2 aromatic rings. The van der Waals surface area contributed by atoms with Crippen molar-refractivity contribution in [3.63, 3.8) is 0 Å². The topological polar surface area (TPSA) is 142 Å². The number of piperidine rings is 1. The lowest BCUT2D eigenvalue weighted by Crippen LogP contribution is -2.57. The maximum absolute atomic E-state index is 11.0. The molecule has 8 heteroatoms. The van der Waals surface area contributed by atoms with E-state index in [4.69, 9.17) is 22.3 Å². The molecule has 1 saturated heterocycles. The van der Waals surface area contributed by atoms with Crippen LogP contribution in [0.25, 0.3) is 5.70 Å². The molecular formula is C40H61N5O3. The standard InChI is InChI=1S/C39H57N5O2.CH4O/c1-4-16-44(36(38(41)42)20-35(40)34-8-6-7-9-37(34)46)25-27(3)19-29(5-2)30-10-12-31(13-11-30)32-14-17-43(18-15-32)33-23-39(24-33)21-28(22-39)26-45;1-2/h6-13,20,26-29,32-33,46H,4-5,14-19,21-25,40-42H2,1-3H3;2H,1H3/b35-20-;. The first-order valence-corrected chi connectivity index (χ1v) is 18.1. The first-order chi connectivity index (χ1) is 23.1. The average Bonchev–Trinajstić information content (AvgIpc) is 3.06. The van der Waals surface area contributed by atoms with Gasteiger partial charge in [0.2, 0.25) is 0 Å². The Morgan fingerprint density at radius 3 is 2.21 bits per heavy atom. The van der Waals surface area contributed by atoms with Crippen LogP contribution in [0.2, 0.25) is 0 Å². The normalized spacial score (nSPS) is 24.0. The Hall–Kier alpha value is -3.49. The molecule has 1 spiro atoms. The van der Waals surface area contributed by atoms with Crippen LogP contribution in [0.3, 0.4) is 0 Å². The minimum absolute atomic E-state index is 0.134. The van der Waals surface area contributed by atoms with Gasteiger partial charge in [-0.15, -0.1) is 0 Å². The van der Waals surface area contributed by atoms with E-state index >= 15 is 0 Å². The Bertz CT molecular complexity index is 1360. The molecule has 2 aromatic carbocycles. The Balaban J connectivity index is 0.00000255. The SMILES string of the molecule is CCCN(CC(C)CC(CC)c1ccc(C2CCN(C3CC4(CC(C=O)C4)C3)CC2)cc1)C(/C=C(\N)c1ccccc1O)=C(N)N.CO. The predicted molar refractivity (Wildman–Crippen MR) is 197 cm³/mol. The fourth-order valence-corrected chi connectivity index (χ4v) is 8.67. The van der Waals surface area contributed by atoms with E-state index in [9.17, 15) is 9.90 Å². The Morgan fingerprint density at radius 2 is 1.65 bits per heavy atom. The van der Waals surface area contributed by atoms with Gasteiger partial charge in [-0.25, -0.2) is 0 Å². The maximum atomic E-state index is 11.0. The highest BCUT2D eigenvalue weighted by atomic mass is 16.3. The number of hydrogen-bond donors (Lipinski definition) is 5. The average molecular weight is 660 g/mol. The second-order valence-electron chi connectivity index (χ2n) is 14.7. The number of phenols is 1. The highest BCUT2D eigenvalue weighted by molar-refractivity contribution is 5.69. The van der Waals surface area contributed by atoms with Gasteiger partial charge in [0, 0.05) is 43.4 Å². The third kappa shape index (κ3) is 8.94. The molecule has 3 fully saturated rings. The van der Waals surface area contributed by atoms with Crippen LogP contribution in [0, 0.1) is 17.3 Å². The minimum atomic E-state index is 0.134. The van der Waals surface area contributed by atoms with Gasteiger partial charge in [0.15, 0.2) is 0 Å². The van der Waals surface area contributed by atoms with Crippen LogP contribution in [0.4, 0.5) is 0 Å². The largest absolute Gasteiger partial charge is 0.507 e. The molecule has 1 heterocycles. The number of aldehydes is 1. The molecular weight excluding hydrogens is 598 g/mol. The number of phenolic OH excluding ortho intramolecular Hbond substituents is 1. The predicted octanol–water partition coefficient (Wildman–Crippen LogP) is 6.26. The van der Waals surface area contributed by atoms with Gasteiger partial charge in [-0.1, -0.05) is 57.2 Å². The number of carbonyl (C=O) groups excluding carboxylic acids is 1. The summed E-state index contributed by atoms with van der Waals surface area (Å²) in [6, 6.07) is 17.3. The van der Waals surface area contributed by atoms with Crippen molar-refractivity contribution in [1.82, 2.24) is 9.80 Å². The summed E-state index contributed by atoms with van der Waals surface area (Å²) in [5.74, 6) is 2.24. The summed E-state index contributed by atoms with van der Waals surface area (Å²) >= 11 is 0. The molecule has 5 rings (SSSR count). The number of nitrogens with two attached hydrogens (primary N) is 3. The summed E-state index contributed by atoms with van der Waals surface area (Å²) in [4.78, 5) is 16.0. The molecule has 0 radical (unpaired) electrons. The lowest BCUT2D eigenvalue weighted by Gasteiger charge is -2.59. The summed E-state index contributed by atoms with van der Waals surface area (Å²) in [7, 11) is 1.00. The molecule has 0 amide bonds. The second kappa shape index (κ2) is 17.3. The highest BCUT2D eigenvalue weighted by Crippen LogP contribution is 2.59. The van der Waals surface area contributed by atoms with Gasteiger partial charge in [0.25, 0.3) is 0 Å². The van der Waals surface area contributed by atoms with Crippen molar-refractivity contribution < 1.29 is 15.0 Å². The summed E-state index contributed by atoms with van der Waals surface area (Å²) < 4.78 is 0. The number of para-hydroxylation sites is 1. The van der Waals surface area contributed by atoms with Crippen LogP contribution >= 0.6 is 0 Å². The molecule has 2 atom stereocenters. The summed E-state index contributed by atoms with van der Waals surface area (Å²) in [5, 5.41) is 17.3. The second-order valence-corrected chi connectivity index (χ2v) is 14.7. The van der Waals surface area contributed by atoms with E-state index in [1.165, 1.54) is 56.2 Å². The third-order valence-electron chi connectivity index (χ3n) is 11.2. The van der Waals surface area contributed by atoms with Gasteiger partial charge in [0.1, 0.15) is 17.9 Å². The molecule has 264 valence electrons. The van der Waals surface area contributed by atoms with Crippen LogP contribution in [0.15, 0.2) is 66.1 Å². The van der Waals surface area contributed by atoms with E-state index in [-0.39, 0.29) is 11.6 Å². The maximum Gasteiger partial charge on any atom is 0.124 e. The number of nitrogens with zero attached hydrogens (tertiary/aromatic N) is 2. The molecule has 0 aromatic heterocycles. The number of aliphatic hydroxyl groups is 1. The van der Waals surface area contributed by atoms with Gasteiger partial charge >= 0.3 is 0 Å². The zero-order valence-electron chi connectivity index (χ0n) is 29.8. The van der Waals surface area contributed by atoms with E-state index < -0.39 is 0 Å². The number of aliphatic hydroxyl groups excluding tert-OH is 1. The molecule has 3 aliphatic rings. The molecule has 1 aliphatic heterocycles. The van der Waals surface area contributed by atoms with E-state index in [1.807, 2.05) is 6.07 Å². The Morgan fingerprint density at radius 1 is 1.00 bits per heavy atom. The van der Waals surface area contributed by atoms with Crippen molar-refractivity contribution in [1.29, 1.82) is 0 Å². The van der Waals surface area contributed by atoms with Gasteiger partial charge in [-0.2, -0.15) is 0 Å². The smallest absolute Gasteiger partial charge is 0.124 e. The summed E-state index contributed by atoms with van der Waals surface area (Å²) in [6.45, 7) is 10.8. The first-order valence-electron chi connectivity index (χ1n) is 18.1. The third-order valence-corrected chi connectivity index (χ3v) is 11.2. The van der Waals surface area contributed by atoms with E-state index in [2.05, 4.69) is 54.8 Å². The summed E-state index contributed by atoms with van der Waals surface area (Å²) in [5.41, 5.74) is 24.0. The van der Waals surface area contributed by atoms with Crippen molar-refractivity contribution in [2.24, 2.45) is 34.5 Å². The molecule has 2 aliphatic carbocycles. The van der Waals surface area contributed by atoms with Crippen molar-refractivity contribution in [3.8, 4) is 5.75 Å². The lowest BCUT2D eigenvalue weighted by atomic mass is 9.50. The summed E-state index contributed by atoms with van der Waals surface area (Å²) in [6.07, 6.45) is 13.5. The molecule has 8 N–H and O–H groups in total. The first kappa shape index (κ1) is 37.3. The van der Waals surface area contributed by atoms with Crippen molar-refractivity contribution in [3.05, 3.63) is 82.8 Å². The lowest BCUT2D eigenvalue weighted by molar-refractivity contribution is -0.130. The number of hydrogen-bond acceptors (Lipinski definition) is 8. The van der Waals surface area contributed by atoms with Crippen LogP contribution in [-0.2, 0) is 4.79 Å². The number of benzene rings is 2. The zero-order valence-corrected chi connectivity index (χ0v) is 29.8. The number of carbonyl (C=O) groups is 1. The molecule has 0 bridgehead atoms. The number of likely N-dealkylation sites (tertiary alicyclic amines) is 1. The van der Waals surface area contributed by atoms with Gasteiger partial charge in [-0.3, -0.25) is 0 Å². The highest BCUT2D eigenvalue weighted by Gasteiger charge is 2.54. The van der Waals surface area contributed by atoms with Crippen LogP contribution in [0.1, 0.15) is 107 Å². The zero-order chi connectivity index (χ0) is 34.8. The van der Waals surface area contributed by atoms with Gasteiger partial charge in [0.05, 0.1) is 5.70 Å². The monoisotopic (exact) mass is 659 g/mol. The fourth-order valence-electron chi connectivity index (χ4n) is 8.67. The van der Waals surface area contributed by atoms with Crippen LogP contribution in [-0.4, -0.2) is 65.6 Å². The molecule has 2 saturated carbocycles. The number of aromatic hydroxyl groups is 1. The molecule has 48 heavy (non-hydrogen) atoms. The minimum Gasteiger partial charge on any atom is -0.507 e. The quantitative estimate of drug-likeness (QED) is 0.118. The molecule has 2 unspecified atom stereocenters. The molecule has 8 nitrogen and oxygen atoms in total. The van der Waals surface area contributed by atoms with Gasteiger partial charge in [-0.05, 0) is 123 Å². The van der Waals surface area contributed by atoms with Crippen LogP contribution < -0.4 is 17.2 Å². The van der Waals surface area contributed by atoms with E-state index in [0.717, 1.165) is 58.3 Å². The Labute approximate surface area is 289 Å². The van der Waals surface area contributed by atoms with Crippen molar-refractivity contribution in [2.75, 3.05) is 33.3 Å².